The first-order valence-electron chi connectivity index (χ1n) is 6.54. The van der Waals surface area contributed by atoms with Crippen LogP contribution in [-0.2, 0) is 0 Å². The Morgan fingerprint density at radius 2 is 2.16 bits per heavy atom. The van der Waals surface area contributed by atoms with Crippen molar-refractivity contribution in [2.24, 2.45) is 5.92 Å². The van der Waals surface area contributed by atoms with Crippen molar-refractivity contribution >= 4 is 17.5 Å². The fourth-order valence-electron chi connectivity index (χ4n) is 1.98. The van der Waals surface area contributed by atoms with Crippen molar-refractivity contribution < 1.29 is 9.53 Å². The first-order chi connectivity index (χ1) is 9.13. The van der Waals surface area contributed by atoms with E-state index >= 15 is 0 Å². The van der Waals surface area contributed by atoms with Crippen molar-refractivity contribution in [1.82, 2.24) is 10.3 Å². The number of nitrogens with zero attached hydrogens (tertiary/aromatic N) is 1. The summed E-state index contributed by atoms with van der Waals surface area (Å²) in [5.41, 5.74) is 0.478. The summed E-state index contributed by atoms with van der Waals surface area (Å²) in [5.74, 6) is 0.700. The largest absolute Gasteiger partial charge is 0.494 e. The Labute approximate surface area is 119 Å². The summed E-state index contributed by atoms with van der Waals surface area (Å²) in [6.45, 7) is 4.67. The molecule has 0 saturated carbocycles. The molecule has 1 heterocycles. The molecule has 19 heavy (non-hydrogen) atoms. The van der Waals surface area contributed by atoms with E-state index in [4.69, 9.17) is 16.3 Å². The second-order valence-electron chi connectivity index (χ2n) is 4.38. The Kier molecular flexibility index (Phi) is 6.64. The molecule has 4 nitrogen and oxygen atoms in total. The van der Waals surface area contributed by atoms with E-state index in [0.29, 0.717) is 23.8 Å². The van der Waals surface area contributed by atoms with Crippen LogP contribution in [0.5, 0.6) is 5.75 Å². The van der Waals surface area contributed by atoms with Crippen LogP contribution in [-0.4, -0.2) is 29.9 Å². The molecular weight excluding hydrogens is 264 g/mol. The molecular formula is C14H21ClN2O2. The molecule has 106 valence electrons. The number of carbonyl (C=O) groups excluding carboxylic acids is 1. The second-order valence-corrected chi connectivity index (χ2v) is 4.94. The number of aromatic nitrogens is 1. The van der Waals surface area contributed by atoms with Crippen LogP contribution in [0.1, 0.15) is 37.0 Å². The Balaban J connectivity index is 2.60. The van der Waals surface area contributed by atoms with Gasteiger partial charge in [-0.15, -0.1) is 11.6 Å². The van der Waals surface area contributed by atoms with Crippen molar-refractivity contribution in [3.05, 3.63) is 24.0 Å². The Morgan fingerprint density at radius 3 is 2.74 bits per heavy atom. The molecule has 0 radical (unpaired) electrons. The highest BCUT2D eigenvalue weighted by Crippen LogP contribution is 2.19. The van der Waals surface area contributed by atoms with E-state index in [1.807, 2.05) is 0 Å². The molecule has 1 N–H and O–H groups in total. The monoisotopic (exact) mass is 284 g/mol. The molecule has 0 fully saturated rings. The van der Waals surface area contributed by atoms with Crippen molar-refractivity contribution in [2.75, 3.05) is 13.7 Å². The van der Waals surface area contributed by atoms with Crippen LogP contribution in [0, 0.1) is 5.92 Å². The van der Waals surface area contributed by atoms with Crippen molar-refractivity contribution in [3.8, 4) is 5.75 Å². The summed E-state index contributed by atoms with van der Waals surface area (Å²) in [4.78, 5) is 16.0. The third-order valence-electron chi connectivity index (χ3n) is 3.27. The zero-order valence-corrected chi connectivity index (χ0v) is 12.4. The normalized spacial score (nSPS) is 12.3. The molecule has 1 aromatic heterocycles. The fraction of sp³-hybridized carbons (Fsp3) is 0.571. The quantitative estimate of drug-likeness (QED) is 0.783. The highest BCUT2D eigenvalue weighted by molar-refractivity contribution is 6.21. The molecule has 0 bridgehead atoms. The highest BCUT2D eigenvalue weighted by Gasteiger charge is 2.18. The summed E-state index contributed by atoms with van der Waals surface area (Å²) < 4.78 is 5.11. The highest BCUT2D eigenvalue weighted by atomic mass is 35.5. The van der Waals surface area contributed by atoms with Gasteiger partial charge in [0.2, 0.25) is 0 Å². The molecule has 0 saturated heterocycles. The zero-order valence-electron chi connectivity index (χ0n) is 11.6. The summed E-state index contributed by atoms with van der Waals surface area (Å²) >= 11 is 6.29. The fourth-order valence-corrected chi connectivity index (χ4v) is 2.42. The molecule has 1 aromatic rings. The van der Waals surface area contributed by atoms with Gasteiger partial charge in [-0.3, -0.25) is 9.78 Å². The molecule has 0 spiro atoms. The van der Waals surface area contributed by atoms with Crippen LogP contribution in [0.4, 0.5) is 0 Å². The number of carbonyl (C=O) groups is 1. The van der Waals surface area contributed by atoms with Gasteiger partial charge in [0, 0.05) is 12.7 Å². The summed E-state index contributed by atoms with van der Waals surface area (Å²) in [5, 5.41) is 2.79. The molecule has 1 amide bonds. The van der Waals surface area contributed by atoms with Gasteiger partial charge < -0.3 is 10.1 Å². The number of hydrogen-bond acceptors (Lipinski definition) is 3. The minimum absolute atomic E-state index is 0.0493. The van der Waals surface area contributed by atoms with Crippen LogP contribution in [0.25, 0.3) is 0 Å². The lowest BCUT2D eigenvalue weighted by atomic mass is 9.99. The average molecular weight is 285 g/mol. The van der Waals surface area contributed by atoms with E-state index in [9.17, 15) is 4.79 Å². The number of nitrogens with one attached hydrogen (secondary N) is 1. The number of pyridine rings is 1. The van der Waals surface area contributed by atoms with Crippen molar-refractivity contribution in [3.63, 3.8) is 0 Å². The Bertz CT molecular complexity index is 408. The summed E-state index contributed by atoms with van der Waals surface area (Å²) in [7, 11) is 1.52. The van der Waals surface area contributed by atoms with E-state index < -0.39 is 0 Å². The number of alkyl halides is 1. The Hall–Kier alpha value is -1.29. The maximum Gasteiger partial charge on any atom is 0.255 e. The van der Waals surface area contributed by atoms with Crippen LogP contribution in [0.15, 0.2) is 18.5 Å². The SMILES string of the molecule is CCC(CC)C(Cl)CNC(=O)c1ccncc1OC. The first kappa shape index (κ1) is 15.8. The van der Waals surface area contributed by atoms with Gasteiger partial charge in [-0.2, -0.15) is 0 Å². The first-order valence-corrected chi connectivity index (χ1v) is 6.97. The van der Waals surface area contributed by atoms with Crippen molar-refractivity contribution in [2.45, 2.75) is 32.1 Å². The summed E-state index contributed by atoms with van der Waals surface area (Å²) in [6, 6.07) is 1.63. The van der Waals surface area contributed by atoms with Gasteiger partial charge in [-0.1, -0.05) is 26.7 Å². The predicted octanol–water partition coefficient (Wildman–Crippen LogP) is 2.86. The number of ether oxygens (including phenoxy) is 1. The zero-order chi connectivity index (χ0) is 14.3. The molecule has 1 atom stereocenters. The number of rotatable bonds is 7. The lowest BCUT2D eigenvalue weighted by Gasteiger charge is -2.19. The molecule has 0 aliphatic heterocycles. The molecule has 1 unspecified atom stereocenters. The lowest BCUT2D eigenvalue weighted by molar-refractivity contribution is 0.0948. The topological polar surface area (TPSA) is 51.2 Å². The molecule has 0 aromatic carbocycles. The molecule has 5 heteroatoms. The maximum absolute atomic E-state index is 12.1. The molecule has 1 rings (SSSR count). The molecule has 0 aliphatic rings. The van der Waals surface area contributed by atoms with E-state index in [-0.39, 0.29) is 11.3 Å². The third kappa shape index (κ3) is 4.39. The van der Waals surface area contributed by atoms with E-state index in [1.165, 1.54) is 13.3 Å². The number of amides is 1. The Morgan fingerprint density at radius 1 is 1.47 bits per heavy atom. The van der Waals surface area contributed by atoms with Crippen LogP contribution in [0.2, 0.25) is 0 Å². The van der Waals surface area contributed by atoms with Crippen LogP contribution < -0.4 is 10.1 Å². The minimum Gasteiger partial charge on any atom is -0.494 e. The van der Waals surface area contributed by atoms with E-state index in [2.05, 4.69) is 24.1 Å². The van der Waals surface area contributed by atoms with Gasteiger partial charge in [0.05, 0.1) is 24.2 Å². The van der Waals surface area contributed by atoms with Gasteiger partial charge in [0.1, 0.15) is 5.75 Å². The van der Waals surface area contributed by atoms with Gasteiger partial charge >= 0.3 is 0 Å². The van der Waals surface area contributed by atoms with Crippen molar-refractivity contribution in [1.29, 1.82) is 0 Å². The maximum atomic E-state index is 12.1. The van der Waals surface area contributed by atoms with E-state index in [0.717, 1.165) is 12.8 Å². The van der Waals surface area contributed by atoms with Crippen LogP contribution in [0.3, 0.4) is 0 Å². The van der Waals surface area contributed by atoms with Crippen LogP contribution >= 0.6 is 11.6 Å². The van der Waals surface area contributed by atoms with E-state index in [1.54, 1.807) is 12.3 Å². The average Bonchev–Trinajstić information content (AvgIpc) is 2.45. The second kappa shape index (κ2) is 8.00. The summed E-state index contributed by atoms with van der Waals surface area (Å²) in [6.07, 6.45) is 5.11. The number of methoxy groups -OCH3 is 1. The number of halogens is 1. The van der Waals surface area contributed by atoms with Gasteiger partial charge in [0.15, 0.2) is 0 Å². The smallest absolute Gasteiger partial charge is 0.255 e. The lowest BCUT2D eigenvalue weighted by Crippen LogP contribution is -2.33. The standard InChI is InChI=1S/C14H21ClN2O2/c1-4-10(5-2)12(15)8-17-14(18)11-6-7-16-9-13(11)19-3/h6-7,9-10,12H,4-5,8H2,1-3H3,(H,17,18). The van der Waals surface area contributed by atoms with Gasteiger partial charge in [0.25, 0.3) is 5.91 Å². The van der Waals surface area contributed by atoms with Gasteiger partial charge in [-0.05, 0) is 12.0 Å². The molecule has 0 aliphatic carbocycles. The predicted molar refractivity (Wildman–Crippen MR) is 76.8 cm³/mol. The number of hydrogen-bond donors (Lipinski definition) is 1. The third-order valence-corrected chi connectivity index (χ3v) is 3.78. The minimum atomic E-state index is -0.184. The van der Waals surface area contributed by atoms with Gasteiger partial charge in [-0.25, -0.2) is 0 Å².